The van der Waals surface area contributed by atoms with Crippen molar-refractivity contribution in [1.29, 1.82) is 0 Å². The lowest BCUT2D eigenvalue weighted by Gasteiger charge is -2.03. The van der Waals surface area contributed by atoms with Gasteiger partial charge in [-0.15, -0.1) is 0 Å². The highest BCUT2D eigenvalue weighted by Gasteiger charge is 2.04. The Bertz CT molecular complexity index is 514. The van der Waals surface area contributed by atoms with Crippen LogP contribution in [-0.4, -0.2) is 5.78 Å². The Balaban J connectivity index is 1.84. The number of benzene rings is 2. The maximum absolute atomic E-state index is 11.9. The number of aryl methyl sites for hydroxylation is 2. The molecular formula is C17H18O. The van der Waals surface area contributed by atoms with Gasteiger partial charge in [-0.3, -0.25) is 4.79 Å². The number of ketones is 1. The Hall–Kier alpha value is -1.89. The number of hydrogen-bond donors (Lipinski definition) is 0. The number of hydrogen-bond acceptors (Lipinski definition) is 1. The van der Waals surface area contributed by atoms with Crippen LogP contribution in [0, 0.1) is 6.92 Å². The molecule has 18 heavy (non-hydrogen) atoms. The molecule has 0 saturated heterocycles. The zero-order valence-electron chi connectivity index (χ0n) is 10.7. The van der Waals surface area contributed by atoms with Crippen LogP contribution in [0.2, 0.25) is 0 Å². The second-order valence-corrected chi connectivity index (χ2v) is 4.63. The van der Waals surface area contributed by atoms with Crippen molar-refractivity contribution in [2.24, 2.45) is 0 Å². The van der Waals surface area contributed by atoms with Gasteiger partial charge in [0.2, 0.25) is 0 Å². The molecular weight excluding hydrogens is 220 g/mol. The highest BCUT2D eigenvalue weighted by Crippen LogP contribution is 2.10. The zero-order valence-corrected chi connectivity index (χ0v) is 10.7. The number of carbonyl (C=O) groups excluding carboxylic acids is 1. The molecule has 0 heterocycles. The van der Waals surface area contributed by atoms with Gasteiger partial charge in [0.05, 0.1) is 0 Å². The first-order valence-corrected chi connectivity index (χ1v) is 6.39. The summed E-state index contributed by atoms with van der Waals surface area (Å²) < 4.78 is 0. The molecule has 0 fully saturated rings. The van der Waals surface area contributed by atoms with Crippen LogP contribution in [0.5, 0.6) is 0 Å². The van der Waals surface area contributed by atoms with Crippen molar-refractivity contribution in [3.8, 4) is 0 Å². The summed E-state index contributed by atoms with van der Waals surface area (Å²) in [6.45, 7) is 2.10. The van der Waals surface area contributed by atoms with Crippen LogP contribution in [0.4, 0.5) is 0 Å². The molecule has 2 aromatic carbocycles. The van der Waals surface area contributed by atoms with Crippen LogP contribution in [0.1, 0.15) is 34.3 Å². The van der Waals surface area contributed by atoms with E-state index in [4.69, 9.17) is 0 Å². The fourth-order valence-electron chi connectivity index (χ4n) is 2.09. The molecule has 1 nitrogen and oxygen atoms in total. The fourth-order valence-corrected chi connectivity index (χ4v) is 2.09. The molecule has 1 heteroatoms. The second-order valence-electron chi connectivity index (χ2n) is 4.63. The average molecular weight is 238 g/mol. The first-order chi connectivity index (χ1) is 8.75. The smallest absolute Gasteiger partial charge is 0.162 e. The Labute approximate surface area is 108 Å². The molecule has 0 aromatic heterocycles. The molecule has 0 amide bonds. The van der Waals surface area contributed by atoms with Gasteiger partial charge in [0.1, 0.15) is 0 Å². The maximum Gasteiger partial charge on any atom is 0.162 e. The van der Waals surface area contributed by atoms with Gasteiger partial charge in [-0.25, -0.2) is 0 Å². The van der Waals surface area contributed by atoms with Crippen molar-refractivity contribution in [2.75, 3.05) is 0 Å². The third kappa shape index (κ3) is 3.56. The molecule has 0 spiro atoms. The summed E-state index contributed by atoms with van der Waals surface area (Å²) in [7, 11) is 0. The molecule has 0 saturated carbocycles. The number of Topliss-reactive ketones (excluding diaryl/α,β-unsaturated/α-hetero) is 1. The lowest BCUT2D eigenvalue weighted by atomic mass is 10.0. The topological polar surface area (TPSA) is 17.1 Å². The molecule has 0 aliphatic heterocycles. The molecule has 0 N–H and O–H groups in total. The van der Waals surface area contributed by atoms with E-state index >= 15 is 0 Å². The summed E-state index contributed by atoms with van der Waals surface area (Å²) in [5.74, 6) is 0.239. The zero-order chi connectivity index (χ0) is 12.8. The predicted octanol–water partition coefficient (Wildman–Crippen LogP) is 4.20. The van der Waals surface area contributed by atoms with Crippen LogP contribution < -0.4 is 0 Å². The Kier molecular flexibility index (Phi) is 4.30. The molecule has 2 rings (SSSR count). The molecule has 0 atom stereocenters. The van der Waals surface area contributed by atoms with E-state index in [1.165, 1.54) is 11.1 Å². The highest BCUT2D eigenvalue weighted by atomic mass is 16.1. The predicted molar refractivity (Wildman–Crippen MR) is 74.9 cm³/mol. The van der Waals surface area contributed by atoms with Gasteiger partial charge in [0.25, 0.3) is 0 Å². The van der Waals surface area contributed by atoms with E-state index in [1.54, 1.807) is 0 Å². The van der Waals surface area contributed by atoms with Crippen molar-refractivity contribution in [3.63, 3.8) is 0 Å². The third-order valence-electron chi connectivity index (χ3n) is 3.05. The van der Waals surface area contributed by atoms with Gasteiger partial charge < -0.3 is 0 Å². The van der Waals surface area contributed by atoms with Gasteiger partial charge >= 0.3 is 0 Å². The van der Waals surface area contributed by atoms with Crippen LogP contribution in [0.15, 0.2) is 54.6 Å². The molecule has 0 unspecified atom stereocenters. The molecule has 0 aliphatic rings. The minimum Gasteiger partial charge on any atom is -0.294 e. The van der Waals surface area contributed by atoms with Gasteiger partial charge in [-0.2, -0.15) is 0 Å². The van der Waals surface area contributed by atoms with E-state index in [0.717, 1.165) is 18.4 Å². The largest absolute Gasteiger partial charge is 0.294 e. The minimum absolute atomic E-state index is 0.239. The Morgan fingerprint density at radius 1 is 1.00 bits per heavy atom. The summed E-state index contributed by atoms with van der Waals surface area (Å²) >= 11 is 0. The SMILES string of the molecule is Cc1cccc(CCCC(=O)c2ccccc2)c1. The average Bonchev–Trinajstić information content (AvgIpc) is 2.40. The fraction of sp³-hybridized carbons (Fsp3) is 0.235. The first-order valence-electron chi connectivity index (χ1n) is 6.39. The van der Waals surface area contributed by atoms with Gasteiger partial charge in [-0.05, 0) is 25.3 Å². The van der Waals surface area contributed by atoms with Crippen molar-refractivity contribution in [2.45, 2.75) is 26.2 Å². The van der Waals surface area contributed by atoms with Crippen molar-refractivity contribution in [3.05, 3.63) is 71.3 Å². The van der Waals surface area contributed by atoms with Gasteiger partial charge in [0, 0.05) is 12.0 Å². The molecule has 92 valence electrons. The maximum atomic E-state index is 11.9. The van der Waals surface area contributed by atoms with E-state index in [0.29, 0.717) is 6.42 Å². The summed E-state index contributed by atoms with van der Waals surface area (Å²) in [5, 5.41) is 0. The van der Waals surface area contributed by atoms with E-state index in [2.05, 4.69) is 31.2 Å². The summed E-state index contributed by atoms with van der Waals surface area (Å²) in [6.07, 6.45) is 2.51. The third-order valence-corrected chi connectivity index (χ3v) is 3.05. The van der Waals surface area contributed by atoms with E-state index in [9.17, 15) is 4.79 Å². The highest BCUT2D eigenvalue weighted by molar-refractivity contribution is 5.95. The standard InChI is InChI=1S/C17H18O/c1-14-7-5-8-15(13-14)9-6-12-17(18)16-10-3-2-4-11-16/h2-5,7-8,10-11,13H,6,9,12H2,1H3. The lowest BCUT2D eigenvalue weighted by Crippen LogP contribution is -1.99. The normalized spacial score (nSPS) is 10.3. The second kappa shape index (κ2) is 6.15. The van der Waals surface area contributed by atoms with Gasteiger partial charge in [0.15, 0.2) is 5.78 Å². The summed E-state index contributed by atoms with van der Waals surface area (Å²) in [4.78, 5) is 11.9. The van der Waals surface area contributed by atoms with Crippen LogP contribution in [0.25, 0.3) is 0 Å². The molecule has 2 aromatic rings. The first kappa shape index (κ1) is 12.6. The summed E-state index contributed by atoms with van der Waals surface area (Å²) in [5.41, 5.74) is 3.42. The van der Waals surface area contributed by atoms with Crippen LogP contribution in [0.3, 0.4) is 0 Å². The van der Waals surface area contributed by atoms with E-state index in [1.807, 2.05) is 30.3 Å². The molecule has 0 bridgehead atoms. The van der Waals surface area contributed by atoms with E-state index < -0.39 is 0 Å². The van der Waals surface area contributed by atoms with Crippen molar-refractivity contribution >= 4 is 5.78 Å². The van der Waals surface area contributed by atoms with Crippen LogP contribution >= 0.6 is 0 Å². The summed E-state index contributed by atoms with van der Waals surface area (Å²) in [6, 6.07) is 18.0. The number of carbonyl (C=O) groups is 1. The van der Waals surface area contributed by atoms with Crippen molar-refractivity contribution in [1.82, 2.24) is 0 Å². The van der Waals surface area contributed by atoms with Crippen LogP contribution in [-0.2, 0) is 6.42 Å². The Morgan fingerprint density at radius 2 is 1.78 bits per heavy atom. The van der Waals surface area contributed by atoms with Crippen molar-refractivity contribution < 1.29 is 4.79 Å². The van der Waals surface area contributed by atoms with Gasteiger partial charge in [-0.1, -0.05) is 60.2 Å². The molecule has 0 aliphatic carbocycles. The number of rotatable bonds is 5. The monoisotopic (exact) mass is 238 g/mol. The molecule has 0 radical (unpaired) electrons. The quantitative estimate of drug-likeness (QED) is 0.713. The van der Waals surface area contributed by atoms with E-state index in [-0.39, 0.29) is 5.78 Å². The Morgan fingerprint density at radius 3 is 2.50 bits per heavy atom. The minimum atomic E-state index is 0.239. The lowest BCUT2D eigenvalue weighted by molar-refractivity contribution is 0.0980.